The molecule has 6 heteroatoms. The van der Waals surface area contributed by atoms with Crippen molar-refractivity contribution in [3.8, 4) is 0 Å². The number of halogens is 3. The minimum Gasteiger partial charge on any atom is -0.597 e. The average Bonchev–Trinajstić information content (AvgIpc) is 2.28. The standard InChI is InChI=1S/C14H20BrF2NOS/c1-13(2,3)20(19)18(5)12(14(4,16)17)10-6-8-11(15)9-7-10/h6-9,12H,1-5H3/t12-,20+/m0/s1. The molecule has 0 aliphatic rings. The summed E-state index contributed by atoms with van der Waals surface area (Å²) in [5.74, 6) is -3.00. The molecule has 0 fully saturated rings. The van der Waals surface area contributed by atoms with Gasteiger partial charge in [-0.25, -0.2) is 8.78 Å². The maximum Gasteiger partial charge on any atom is 0.269 e. The van der Waals surface area contributed by atoms with Crippen LogP contribution in [0.25, 0.3) is 0 Å². The molecule has 0 amide bonds. The molecule has 2 nitrogen and oxygen atoms in total. The van der Waals surface area contributed by atoms with Crippen molar-refractivity contribution in [1.29, 1.82) is 0 Å². The molecule has 0 unspecified atom stereocenters. The van der Waals surface area contributed by atoms with Crippen LogP contribution in [0, 0.1) is 0 Å². The third-order valence-electron chi connectivity index (χ3n) is 2.81. The van der Waals surface area contributed by atoms with Gasteiger partial charge < -0.3 is 4.55 Å². The van der Waals surface area contributed by atoms with Gasteiger partial charge >= 0.3 is 0 Å². The SMILES string of the molecule is CN([C@@H](c1ccc(Br)cc1)C(C)(F)F)[S@+]([O-])C(C)(C)C. The van der Waals surface area contributed by atoms with Crippen LogP contribution in [0.15, 0.2) is 28.7 Å². The Balaban J connectivity index is 3.17. The van der Waals surface area contributed by atoms with Crippen molar-refractivity contribution >= 4 is 27.3 Å². The maximum atomic E-state index is 14.0. The summed E-state index contributed by atoms with van der Waals surface area (Å²) in [6.45, 7) is 6.17. The van der Waals surface area contributed by atoms with E-state index in [0.717, 1.165) is 11.4 Å². The minimum atomic E-state index is -3.00. The molecular formula is C14H20BrF2NOS. The monoisotopic (exact) mass is 367 g/mol. The van der Waals surface area contributed by atoms with E-state index in [-0.39, 0.29) is 0 Å². The smallest absolute Gasteiger partial charge is 0.269 e. The van der Waals surface area contributed by atoms with Gasteiger partial charge in [0.15, 0.2) is 0 Å². The van der Waals surface area contributed by atoms with Crippen molar-refractivity contribution in [2.24, 2.45) is 0 Å². The Kier molecular flexibility index (Phi) is 5.63. The first kappa shape index (κ1) is 17.9. The van der Waals surface area contributed by atoms with Crippen LogP contribution in [0.2, 0.25) is 0 Å². The van der Waals surface area contributed by atoms with Gasteiger partial charge in [-0.1, -0.05) is 28.1 Å². The number of alkyl halides is 2. The van der Waals surface area contributed by atoms with Gasteiger partial charge in [0.05, 0.1) is 0 Å². The number of nitrogens with zero attached hydrogens (tertiary/aromatic N) is 1. The van der Waals surface area contributed by atoms with Crippen LogP contribution < -0.4 is 0 Å². The zero-order valence-electron chi connectivity index (χ0n) is 12.3. The summed E-state index contributed by atoms with van der Waals surface area (Å²) in [6.07, 6.45) is 0. The van der Waals surface area contributed by atoms with Gasteiger partial charge in [-0.15, -0.1) is 4.31 Å². The first-order valence-corrected chi connectivity index (χ1v) is 8.12. The van der Waals surface area contributed by atoms with Crippen molar-refractivity contribution in [1.82, 2.24) is 4.31 Å². The Bertz CT molecular complexity index is 442. The fourth-order valence-corrected chi connectivity index (χ4v) is 3.62. The lowest BCUT2D eigenvalue weighted by molar-refractivity contribution is -0.0405. The number of hydrogen-bond donors (Lipinski definition) is 0. The van der Waals surface area contributed by atoms with E-state index >= 15 is 0 Å². The zero-order chi connectivity index (χ0) is 15.7. The summed E-state index contributed by atoms with van der Waals surface area (Å²) in [5, 5.41) is 0. The summed E-state index contributed by atoms with van der Waals surface area (Å²) in [4.78, 5) is 0. The van der Waals surface area contributed by atoms with Gasteiger partial charge in [-0.05, 0) is 38.5 Å². The van der Waals surface area contributed by atoms with Crippen molar-refractivity contribution in [2.45, 2.75) is 44.4 Å². The predicted octanol–water partition coefficient (Wildman–Crippen LogP) is 4.54. The largest absolute Gasteiger partial charge is 0.597 e. The normalized spacial score (nSPS) is 16.3. The van der Waals surface area contributed by atoms with Crippen LogP contribution in [0.1, 0.15) is 39.3 Å². The molecule has 0 bridgehead atoms. The van der Waals surface area contributed by atoms with E-state index in [0.29, 0.717) is 5.56 Å². The van der Waals surface area contributed by atoms with Crippen molar-refractivity contribution < 1.29 is 13.3 Å². The van der Waals surface area contributed by atoms with Gasteiger partial charge in [0, 0.05) is 29.8 Å². The first-order chi connectivity index (χ1) is 8.94. The topological polar surface area (TPSA) is 26.3 Å². The number of hydrogen-bond acceptors (Lipinski definition) is 2. The summed E-state index contributed by atoms with van der Waals surface area (Å²) < 4.78 is 41.8. The minimum absolute atomic E-state index is 0.445. The second-order valence-corrected chi connectivity index (χ2v) is 9.03. The molecule has 0 aliphatic carbocycles. The van der Waals surface area contributed by atoms with Gasteiger partial charge in [0.2, 0.25) is 0 Å². The summed E-state index contributed by atoms with van der Waals surface area (Å²) in [7, 11) is 1.48. The highest BCUT2D eigenvalue weighted by Gasteiger charge is 2.46. The Morgan fingerprint density at radius 1 is 1.15 bits per heavy atom. The molecule has 0 aliphatic heterocycles. The lowest BCUT2D eigenvalue weighted by Crippen LogP contribution is -2.47. The molecule has 0 spiro atoms. The Hall–Kier alpha value is -0.170. The fraction of sp³-hybridized carbons (Fsp3) is 0.571. The molecule has 0 N–H and O–H groups in total. The van der Waals surface area contributed by atoms with Crippen molar-refractivity contribution in [3.63, 3.8) is 0 Å². The molecular weight excluding hydrogens is 348 g/mol. The predicted molar refractivity (Wildman–Crippen MR) is 83.2 cm³/mol. The molecule has 1 aromatic carbocycles. The van der Waals surface area contributed by atoms with E-state index in [1.807, 2.05) is 0 Å². The van der Waals surface area contributed by atoms with E-state index in [9.17, 15) is 13.3 Å². The lowest BCUT2D eigenvalue weighted by Gasteiger charge is -2.37. The van der Waals surface area contributed by atoms with E-state index in [1.54, 1.807) is 45.0 Å². The van der Waals surface area contributed by atoms with Crippen LogP contribution in [-0.4, -0.2) is 26.6 Å². The van der Waals surface area contributed by atoms with E-state index in [1.165, 1.54) is 11.4 Å². The fourth-order valence-electron chi connectivity index (χ4n) is 1.99. The molecule has 0 aromatic heterocycles. The summed E-state index contributed by atoms with van der Waals surface area (Å²) >= 11 is 1.76. The second kappa shape index (κ2) is 6.30. The van der Waals surface area contributed by atoms with E-state index in [2.05, 4.69) is 15.9 Å². The summed E-state index contributed by atoms with van der Waals surface area (Å²) in [6, 6.07) is 5.45. The maximum absolute atomic E-state index is 14.0. The molecule has 20 heavy (non-hydrogen) atoms. The molecule has 0 saturated carbocycles. The van der Waals surface area contributed by atoms with Crippen molar-refractivity contribution in [2.75, 3.05) is 7.05 Å². The van der Waals surface area contributed by atoms with Crippen molar-refractivity contribution in [3.05, 3.63) is 34.3 Å². The lowest BCUT2D eigenvalue weighted by atomic mass is 10.0. The second-order valence-electron chi connectivity index (χ2n) is 5.82. The first-order valence-electron chi connectivity index (χ1n) is 6.22. The molecule has 2 atom stereocenters. The van der Waals surface area contributed by atoms with Gasteiger partial charge in [0.25, 0.3) is 5.92 Å². The summed E-state index contributed by atoms with van der Waals surface area (Å²) in [5.41, 5.74) is 0.445. The molecule has 0 radical (unpaired) electrons. The zero-order valence-corrected chi connectivity index (χ0v) is 14.7. The highest BCUT2D eigenvalue weighted by molar-refractivity contribution is 9.10. The van der Waals surface area contributed by atoms with Gasteiger partial charge in [0.1, 0.15) is 10.8 Å². The van der Waals surface area contributed by atoms with Gasteiger partial charge in [-0.2, -0.15) is 0 Å². The Morgan fingerprint density at radius 2 is 1.60 bits per heavy atom. The molecule has 1 rings (SSSR count). The van der Waals surface area contributed by atoms with Crippen LogP contribution in [0.5, 0.6) is 0 Å². The molecule has 0 saturated heterocycles. The number of rotatable bonds is 4. The van der Waals surface area contributed by atoms with Crippen LogP contribution in [0.4, 0.5) is 8.78 Å². The van der Waals surface area contributed by atoms with Crippen LogP contribution in [-0.2, 0) is 11.4 Å². The molecule has 0 heterocycles. The van der Waals surface area contributed by atoms with E-state index in [4.69, 9.17) is 0 Å². The van der Waals surface area contributed by atoms with Gasteiger partial charge in [-0.3, -0.25) is 0 Å². The molecule has 1 aromatic rings. The number of benzene rings is 1. The third-order valence-corrected chi connectivity index (χ3v) is 5.13. The average molecular weight is 368 g/mol. The quantitative estimate of drug-likeness (QED) is 0.730. The van der Waals surface area contributed by atoms with Crippen LogP contribution in [0.3, 0.4) is 0 Å². The highest BCUT2D eigenvalue weighted by Crippen LogP contribution is 2.39. The Labute approximate surface area is 131 Å². The third kappa shape index (κ3) is 4.41. The molecule has 114 valence electrons. The van der Waals surface area contributed by atoms with E-state index < -0.39 is 28.1 Å². The highest BCUT2D eigenvalue weighted by atomic mass is 79.9. The Morgan fingerprint density at radius 3 is 1.95 bits per heavy atom. The van der Waals surface area contributed by atoms with Crippen LogP contribution >= 0.6 is 15.9 Å².